The number of hydrogen-bond acceptors (Lipinski definition) is 3. The van der Waals surface area contributed by atoms with Gasteiger partial charge in [0.1, 0.15) is 0 Å². The number of hydrogen-bond donors (Lipinski definition) is 1. The summed E-state index contributed by atoms with van der Waals surface area (Å²) in [6, 6.07) is 5.53. The van der Waals surface area contributed by atoms with E-state index in [0.717, 1.165) is 43.6 Å². The zero-order valence-corrected chi connectivity index (χ0v) is 17.7. The Hall–Kier alpha value is -1.25. The third-order valence-corrected chi connectivity index (χ3v) is 6.35. The van der Waals surface area contributed by atoms with Crippen molar-refractivity contribution in [3.05, 3.63) is 35.4 Å². The molecule has 0 aromatic heterocycles. The fourth-order valence-corrected chi connectivity index (χ4v) is 5.00. The van der Waals surface area contributed by atoms with Crippen molar-refractivity contribution in [1.82, 2.24) is 15.1 Å². The predicted octanol–water partition coefficient (Wildman–Crippen LogP) is 4.42. The summed E-state index contributed by atoms with van der Waals surface area (Å²) in [6.45, 7) is 6.79. The fourth-order valence-electron chi connectivity index (χ4n) is 5.00. The quantitative estimate of drug-likeness (QED) is 0.712. The van der Waals surface area contributed by atoms with Crippen LogP contribution in [-0.4, -0.2) is 66.6 Å². The Morgan fingerprint density at radius 2 is 1.63 bits per heavy atom. The van der Waals surface area contributed by atoms with Crippen molar-refractivity contribution in [1.29, 1.82) is 0 Å². The molecule has 0 aliphatic carbocycles. The van der Waals surface area contributed by atoms with Gasteiger partial charge in [0.05, 0.1) is 12.1 Å². The number of rotatable bonds is 3. The number of nitrogens with one attached hydrogen (secondary N) is 1. The van der Waals surface area contributed by atoms with Crippen LogP contribution in [0.2, 0.25) is 0 Å². The average Bonchev–Trinajstić information content (AvgIpc) is 3.02. The zero-order chi connectivity index (χ0) is 21.9. The minimum atomic E-state index is -4.35. The van der Waals surface area contributed by atoms with Gasteiger partial charge in [-0.2, -0.15) is 13.2 Å². The van der Waals surface area contributed by atoms with Gasteiger partial charge in [-0.3, -0.25) is 9.80 Å². The average molecular weight is 434 g/mol. The summed E-state index contributed by atoms with van der Waals surface area (Å²) in [5, 5.41) is 3.33. The molecule has 0 amide bonds. The van der Waals surface area contributed by atoms with Crippen molar-refractivity contribution < 1.29 is 22.0 Å². The Morgan fingerprint density at radius 3 is 2.23 bits per heavy atom. The van der Waals surface area contributed by atoms with E-state index in [1.807, 2.05) is 18.7 Å². The number of nitrogens with zero attached hydrogens (tertiary/aromatic N) is 2. The van der Waals surface area contributed by atoms with Gasteiger partial charge >= 0.3 is 6.18 Å². The predicted molar refractivity (Wildman–Crippen MR) is 108 cm³/mol. The van der Waals surface area contributed by atoms with Crippen molar-refractivity contribution in [3.63, 3.8) is 0 Å². The molecule has 170 valence electrons. The summed E-state index contributed by atoms with van der Waals surface area (Å²) >= 11 is 0. The Bertz CT molecular complexity index is 670. The molecule has 3 aliphatic heterocycles. The molecular weight excluding hydrogens is 401 g/mol. The molecule has 3 saturated heterocycles. The Balaban J connectivity index is 0.00000124. The van der Waals surface area contributed by atoms with Gasteiger partial charge in [-0.15, -0.1) is 0 Å². The number of fused-ring (bicyclic) bond motifs is 1. The van der Waals surface area contributed by atoms with Crippen LogP contribution >= 0.6 is 0 Å². The van der Waals surface area contributed by atoms with Crippen LogP contribution < -0.4 is 5.32 Å². The van der Waals surface area contributed by atoms with Gasteiger partial charge in [-0.05, 0) is 50.0 Å². The molecule has 8 heteroatoms. The van der Waals surface area contributed by atoms with E-state index in [0.29, 0.717) is 25.6 Å². The zero-order valence-electron chi connectivity index (χ0n) is 17.7. The van der Waals surface area contributed by atoms with Crippen molar-refractivity contribution >= 4 is 0 Å². The maximum absolute atomic E-state index is 13.9. The first-order valence-corrected chi connectivity index (χ1v) is 11.0. The van der Waals surface area contributed by atoms with E-state index >= 15 is 0 Å². The molecule has 3 aliphatic rings. The van der Waals surface area contributed by atoms with Crippen LogP contribution in [0.25, 0.3) is 0 Å². The second-order valence-corrected chi connectivity index (χ2v) is 8.37. The highest BCUT2D eigenvalue weighted by Crippen LogP contribution is 2.37. The van der Waals surface area contributed by atoms with Gasteiger partial charge in [-0.1, -0.05) is 26.0 Å². The summed E-state index contributed by atoms with van der Waals surface area (Å²) in [5.41, 5.74) is 0.163. The minimum absolute atomic E-state index is 0.0463. The third kappa shape index (κ3) is 5.51. The number of benzene rings is 1. The second kappa shape index (κ2) is 9.49. The summed E-state index contributed by atoms with van der Waals surface area (Å²) in [5.74, 6) is -2.65. The summed E-state index contributed by atoms with van der Waals surface area (Å²) < 4.78 is 66.3. The van der Waals surface area contributed by atoms with Crippen LogP contribution in [-0.2, 0) is 12.6 Å². The lowest BCUT2D eigenvalue weighted by molar-refractivity contribution is -0.137. The highest BCUT2D eigenvalue weighted by atomic mass is 19.4. The molecule has 1 aromatic rings. The Morgan fingerprint density at radius 1 is 1.00 bits per heavy atom. The molecule has 4 rings (SSSR count). The van der Waals surface area contributed by atoms with E-state index in [9.17, 15) is 22.0 Å². The molecule has 1 aromatic carbocycles. The molecule has 2 unspecified atom stereocenters. The molecule has 2 atom stereocenters. The molecule has 0 radical (unpaired) electrons. The molecule has 0 spiro atoms. The van der Waals surface area contributed by atoms with Crippen LogP contribution in [0.1, 0.15) is 44.2 Å². The lowest BCUT2D eigenvalue weighted by Gasteiger charge is -2.48. The van der Waals surface area contributed by atoms with Gasteiger partial charge in [-0.25, -0.2) is 8.78 Å². The normalized spacial score (nSPS) is 28.0. The van der Waals surface area contributed by atoms with Crippen LogP contribution in [0.3, 0.4) is 0 Å². The highest BCUT2D eigenvalue weighted by Gasteiger charge is 2.49. The largest absolute Gasteiger partial charge is 0.416 e. The molecule has 30 heavy (non-hydrogen) atoms. The molecule has 0 bridgehead atoms. The maximum atomic E-state index is 13.9. The van der Waals surface area contributed by atoms with E-state index < -0.39 is 17.7 Å². The lowest BCUT2D eigenvalue weighted by Crippen LogP contribution is -2.61. The number of piperazine rings is 1. The topological polar surface area (TPSA) is 18.5 Å². The highest BCUT2D eigenvalue weighted by molar-refractivity contribution is 5.25. The second-order valence-electron chi connectivity index (χ2n) is 8.37. The first-order chi connectivity index (χ1) is 14.2. The number of halogens is 5. The number of piperidine rings is 1. The van der Waals surface area contributed by atoms with Gasteiger partial charge in [0.2, 0.25) is 0 Å². The van der Waals surface area contributed by atoms with E-state index in [2.05, 4.69) is 10.2 Å². The Kier molecular flexibility index (Phi) is 7.40. The van der Waals surface area contributed by atoms with Crippen molar-refractivity contribution in [3.8, 4) is 0 Å². The van der Waals surface area contributed by atoms with Gasteiger partial charge in [0.25, 0.3) is 5.92 Å². The third-order valence-electron chi connectivity index (χ3n) is 6.35. The van der Waals surface area contributed by atoms with Crippen LogP contribution in [0.15, 0.2) is 24.3 Å². The van der Waals surface area contributed by atoms with E-state index in [4.69, 9.17) is 0 Å². The van der Waals surface area contributed by atoms with Crippen LogP contribution in [0.5, 0.6) is 0 Å². The first-order valence-electron chi connectivity index (χ1n) is 11.0. The van der Waals surface area contributed by atoms with Crippen LogP contribution in [0, 0.1) is 0 Å². The maximum Gasteiger partial charge on any atom is 0.416 e. The monoisotopic (exact) mass is 433 g/mol. The SMILES string of the molecule is CC.FC1(F)CC2CN(C3CCNCC3)C(Cc3ccc(C(F)(F)F)cc3)CN2C1. The Labute approximate surface area is 175 Å². The molecule has 3 heterocycles. The molecular formula is C22H32F5N3. The standard InChI is InChI=1S/C20H26F5N3.C2H6/c21-19(22)10-18-12-28(16-5-7-26-8-6-16)17(11-27(18)13-19)9-14-1-3-15(4-2-14)20(23,24)25;1-2/h1-4,16-18,26H,5-13H2;1-2H3. The van der Waals surface area contributed by atoms with Gasteiger partial charge in [0, 0.05) is 37.6 Å². The first kappa shape index (κ1) is 23.4. The summed E-state index contributed by atoms with van der Waals surface area (Å²) in [4.78, 5) is 4.24. The molecule has 0 saturated carbocycles. The molecule has 3 fully saturated rings. The fraction of sp³-hybridized carbons (Fsp3) is 0.727. The van der Waals surface area contributed by atoms with Gasteiger partial charge < -0.3 is 5.32 Å². The number of alkyl halides is 5. The van der Waals surface area contributed by atoms with Crippen LogP contribution in [0.4, 0.5) is 22.0 Å². The minimum Gasteiger partial charge on any atom is -0.317 e. The molecule has 3 nitrogen and oxygen atoms in total. The van der Waals surface area contributed by atoms with E-state index in [1.54, 1.807) is 0 Å². The van der Waals surface area contributed by atoms with E-state index in [-0.39, 0.29) is 25.0 Å². The van der Waals surface area contributed by atoms with Crippen molar-refractivity contribution in [2.75, 3.05) is 32.7 Å². The van der Waals surface area contributed by atoms with Gasteiger partial charge in [0.15, 0.2) is 0 Å². The summed E-state index contributed by atoms with van der Waals surface area (Å²) in [6.07, 6.45) is -1.91. The summed E-state index contributed by atoms with van der Waals surface area (Å²) in [7, 11) is 0. The molecule has 1 N–H and O–H groups in total. The smallest absolute Gasteiger partial charge is 0.317 e. The lowest BCUT2D eigenvalue weighted by atomic mass is 9.94. The van der Waals surface area contributed by atoms with Crippen molar-refractivity contribution in [2.45, 2.75) is 69.8 Å². The van der Waals surface area contributed by atoms with Crippen molar-refractivity contribution in [2.24, 2.45) is 0 Å². The van der Waals surface area contributed by atoms with E-state index in [1.165, 1.54) is 12.1 Å².